The molecule has 0 aromatic carbocycles. The lowest BCUT2D eigenvalue weighted by Gasteiger charge is -2.10. The highest BCUT2D eigenvalue weighted by Crippen LogP contribution is 2.10. The lowest BCUT2D eigenvalue weighted by atomic mass is 10.7. The molecule has 1 rings (SSSR count). The molecule has 1 heterocycles. The summed E-state index contributed by atoms with van der Waals surface area (Å²) in [5.74, 6) is 0. The average Bonchev–Trinajstić information content (AvgIpc) is 1.88. The zero-order valence-electron chi connectivity index (χ0n) is 4.82. The molecular weight excluding hydrogens is 158 g/mol. The Hall–Kier alpha value is -1.23. The Morgan fingerprint density at radius 3 is 2.90 bits per heavy atom. The average molecular weight is 162 g/mol. The van der Waals surface area contributed by atoms with Crippen molar-refractivity contribution < 1.29 is 5.03 Å². The standard InChI is InChI=1S/C4H4ClN3O2/c5-4-3-6-1-2-7(4)8(9)10/h1-3,6H. The predicted octanol–water partition coefficient (Wildman–Crippen LogP) is 0.592. The quantitative estimate of drug-likeness (QED) is 0.348. The third-order valence-electron chi connectivity index (χ3n) is 0.909. The number of rotatable bonds is 1. The van der Waals surface area contributed by atoms with Gasteiger partial charge in [-0.1, -0.05) is 16.6 Å². The zero-order valence-corrected chi connectivity index (χ0v) is 5.58. The van der Waals surface area contributed by atoms with Gasteiger partial charge in [-0.2, -0.15) is 0 Å². The molecule has 1 aliphatic heterocycles. The SMILES string of the molecule is O=[N+]([O-])N1C=CNC=C1Cl. The molecule has 0 amide bonds. The van der Waals surface area contributed by atoms with Crippen molar-refractivity contribution in [3.05, 3.63) is 33.9 Å². The summed E-state index contributed by atoms with van der Waals surface area (Å²) in [4.78, 5) is 10.1. The molecule has 0 saturated heterocycles. The Labute approximate surface area is 61.7 Å². The topological polar surface area (TPSA) is 58.4 Å². The number of nitro groups is 1. The fraction of sp³-hybridized carbons (Fsp3) is 0. The fourth-order valence-corrected chi connectivity index (χ4v) is 0.681. The normalized spacial score (nSPS) is 16.1. The van der Waals surface area contributed by atoms with Gasteiger partial charge in [-0.15, -0.1) is 0 Å². The molecule has 0 aliphatic carbocycles. The molecule has 10 heavy (non-hydrogen) atoms. The molecule has 0 spiro atoms. The zero-order chi connectivity index (χ0) is 7.56. The Kier molecular flexibility index (Phi) is 1.77. The first kappa shape index (κ1) is 6.88. The smallest absolute Gasteiger partial charge is 0.192 e. The van der Waals surface area contributed by atoms with Crippen molar-refractivity contribution in [1.29, 1.82) is 0 Å². The maximum Gasteiger partial charge on any atom is 0.192 e. The number of nitrogens with one attached hydrogen (secondary N) is 1. The van der Waals surface area contributed by atoms with Crippen molar-refractivity contribution in [3.8, 4) is 0 Å². The molecule has 0 aromatic heterocycles. The number of hydrazine groups is 1. The number of hydrogen-bond donors (Lipinski definition) is 1. The minimum atomic E-state index is -0.615. The Morgan fingerprint density at radius 2 is 2.50 bits per heavy atom. The molecule has 1 aliphatic rings. The van der Waals surface area contributed by atoms with Crippen molar-refractivity contribution in [1.82, 2.24) is 10.3 Å². The van der Waals surface area contributed by atoms with E-state index < -0.39 is 5.03 Å². The van der Waals surface area contributed by atoms with Crippen molar-refractivity contribution in [2.45, 2.75) is 0 Å². The van der Waals surface area contributed by atoms with Gasteiger partial charge in [-0.3, -0.25) is 0 Å². The van der Waals surface area contributed by atoms with E-state index in [2.05, 4.69) is 5.32 Å². The summed E-state index contributed by atoms with van der Waals surface area (Å²) >= 11 is 5.41. The second kappa shape index (κ2) is 2.57. The largest absolute Gasteiger partial charge is 0.363 e. The first-order valence-electron chi connectivity index (χ1n) is 2.44. The lowest BCUT2D eigenvalue weighted by molar-refractivity contribution is -0.626. The van der Waals surface area contributed by atoms with Gasteiger partial charge in [0.05, 0.1) is 6.20 Å². The van der Waals surface area contributed by atoms with Crippen molar-refractivity contribution in [2.75, 3.05) is 0 Å². The van der Waals surface area contributed by atoms with Crippen LogP contribution in [0.3, 0.4) is 0 Å². The van der Waals surface area contributed by atoms with Gasteiger partial charge in [0.25, 0.3) is 0 Å². The molecular formula is C4H4ClN3O2. The molecule has 0 radical (unpaired) electrons. The van der Waals surface area contributed by atoms with Gasteiger partial charge in [-0.05, 0) is 0 Å². The molecule has 0 aromatic rings. The monoisotopic (exact) mass is 161 g/mol. The van der Waals surface area contributed by atoms with E-state index in [1.807, 2.05) is 0 Å². The van der Waals surface area contributed by atoms with Crippen LogP contribution >= 0.6 is 11.6 Å². The van der Waals surface area contributed by atoms with Crippen LogP contribution in [0.1, 0.15) is 0 Å². The predicted molar refractivity (Wildman–Crippen MR) is 35.0 cm³/mol. The first-order chi connectivity index (χ1) is 4.72. The summed E-state index contributed by atoms with van der Waals surface area (Å²) in [6.07, 6.45) is 3.96. The van der Waals surface area contributed by atoms with Crippen LogP contribution in [-0.2, 0) is 0 Å². The van der Waals surface area contributed by atoms with Crippen LogP contribution in [0.2, 0.25) is 0 Å². The van der Waals surface area contributed by atoms with E-state index >= 15 is 0 Å². The molecule has 0 fully saturated rings. The summed E-state index contributed by atoms with van der Waals surface area (Å²) in [7, 11) is 0. The highest BCUT2D eigenvalue weighted by Gasteiger charge is 2.16. The summed E-state index contributed by atoms with van der Waals surface area (Å²) in [6.45, 7) is 0. The second-order valence-corrected chi connectivity index (χ2v) is 1.92. The maximum atomic E-state index is 10.1. The van der Waals surface area contributed by atoms with Crippen molar-refractivity contribution in [2.24, 2.45) is 0 Å². The number of hydrogen-bond acceptors (Lipinski definition) is 3. The van der Waals surface area contributed by atoms with E-state index in [-0.39, 0.29) is 5.16 Å². The summed E-state index contributed by atoms with van der Waals surface area (Å²) in [5.41, 5.74) is 0. The van der Waals surface area contributed by atoms with Crippen LogP contribution < -0.4 is 5.32 Å². The number of halogens is 1. The summed E-state index contributed by atoms with van der Waals surface area (Å²) in [5, 5.41) is 12.8. The van der Waals surface area contributed by atoms with Crippen LogP contribution in [0.5, 0.6) is 0 Å². The van der Waals surface area contributed by atoms with E-state index in [0.717, 1.165) is 0 Å². The van der Waals surface area contributed by atoms with Crippen molar-refractivity contribution >= 4 is 11.6 Å². The number of nitrogens with zero attached hydrogens (tertiary/aromatic N) is 2. The molecule has 6 heteroatoms. The highest BCUT2D eigenvalue weighted by atomic mass is 35.5. The van der Waals surface area contributed by atoms with E-state index in [0.29, 0.717) is 5.01 Å². The fourth-order valence-electron chi connectivity index (χ4n) is 0.500. The van der Waals surface area contributed by atoms with Gasteiger partial charge in [0, 0.05) is 12.4 Å². The van der Waals surface area contributed by atoms with Crippen molar-refractivity contribution in [3.63, 3.8) is 0 Å². The minimum absolute atomic E-state index is 0.0347. The molecule has 54 valence electrons. The van der Waals surface area contributed by atoms with Crippen LogP contribution in [0, 0.1) is 10.1 Å². The van der Waals surface area contributed by atoms with E-state index in [9.17, 15) is 10.1 Å². The van der Waals surface area contributed by atoms with E-state index in [1.54, 1.807) is 0 Å². The third kappa shape index (κ3) is 1.19. The van der Waals surface area contributed by atoms with Crippen LogP contribution in [0.25, 0.3) is 0 Å². The first-order valence-corrected chi connectivity index (χ1v) is 2.81. The minimum Gasteiger partial charge on any atom is -0.363 e. The van der Waals surface area contributed by atoms with Gasteiger partial charge in [-0.25, -0.2) is 10.1 Å². The van der Waals surface area contributed by atoms with Gasteiger partial charge in [0.15, 0.2) is 10.2 Å². The maximum absolute atomic E-state index is 10.1. The van der Waals surface area contributed by atoms with Gasteiger partial charge in [0.1, 0.15) is 0 Å². The lowest BCUT2D eigenvalue weighted by Crippen LogP contribution is -2.25. The Bertz CT molecular complexity index is 213. The van der Waals surface area contributed by atoms with Gasteiger partial charge < -0.3 is 5.32 Å². The molecule has 0 atom stereocenters. The molecule has 5 nitrogen and oxygen atoms in total. The second-order valence-electron chi connectivity index (χ2n) is 1.53. The van der Waals surface area contributed by atoms with E-state index in [4.69, 9.17) is 11.6 Å². The van der Waals surface area contributed by atoms with E-state index in [1.165, 1.54) is 18.6 Å². The van der Waals surface area contributed by atoms with Crippen LogP contribution in [-0.4, -0.2) is 10.0 Å². The van der Waals surface area contributed by atoms with Gasteiger partial charge in [0.2, 0.25) is 0 Å². The van der Waals surface area contributed by atoms with Crippen LogP contribution in [0.15, 0.2) is 23.8 Å². The summed E-state index contributed by atoms with van der Waals surface area (Å²) < 4.78 is 0. The van der Waals surface area contributed by atoms with Crippen LogP contribution in [0.4, 0.5) is 0 Å². The molecule has 1 N–H and O–H groups in total. The van der Waals surface area contributed by atoms with Gasteiger partial charge >= 0.3 is 0 Å². The molecule has 0 unspecified atom stereocenters. The molecule has 0 bridgehead atoms. The third-order valence-corrected chi connectivity index (χ3v) is 1.19. The Balaban J connectivity index is 2.75. The molecule has 0 saturated carbocycles. The summed E-state index contributed by atoms with van der Waals surface area (Å²) in [6, 6.07) is 0. The highest BCUT2D eigenvalue weighted by molar-refractivity contribution is 6.29. The Morgan fingerprint density at radius 1 is 1.80 bits per heavy atom.